The highest BCUT2D eigenvalue weighted by molar-refractivity contribution is 5.94. The molecule has 118 valence electrons. The number of aryl methyl sites for hydroxylation is 1. The predicted molar refractivity (Wildman–Crippen MR) is 84.8 cm³/mol. The molecule has 7 heteroatoms. The van der Waals surface area contributed by atoms with Gasteiger partial charge in [-0.05, 0) is 31.4 Å². The molecule has 1 aromatic rings. The van der Waals surface area contributed by atoms with Crippen molar-refractivity contribution in [1.29, 1.82) is 0 Å². The normalized spacial score (nSPS) is 11.7. The molecule has 1 atom stereocenters. The molecule has 0 fully saturated rings. The number of nitrogens with two attached hydrogens (primary N) is 1. The molecule has 1 amide bonds. The summed E-state index contributed by atoms with van der Waals surface area (Å²) in [4.78, 5) is 22.4. The van der Waals surface area contributed by atoms with E-state index >= 15 is 0 Å². The smallest absolute Gasteiger partial charge is 0.272 e. The lowest BCUT2D eigenvalue weighted by atomic mass is 10.0. The molecule has 0 aliphatic rings. The zero-order valence-corrected chi connectivity index (χ0v) is 13.3. The van der Waals surface area contributed by atoms with Gasteiger partial charge in [0.2, 0.25) is 0 Å². The Kier molecular flexibility index (Phi) is 7.91. The maximum atomic E-state index is 12.1. The summed E-state index contributed by atoms with van der Waals surface area (Å²) in [5, 5.41) is 13.6. The topological polar surface area (TPSA) is 98.3 Å². The molecule has 6 nitrogen and oxygen atoms in total. The molecule has 0 aliphatic heterocycles. The van der Waals surface area contributed by atoms with E-state index < -0.39 is 4.92 Å². The first-order chi connectivity index (χ1) is 9.35. The average Bonchev–Trinajstić information content (AvgIpc) is 2.36. The van der Waals surface area contributed by atoms with Crippen LogP contribution in [0.3, 0.4) is 0 Å². The van der Waals surface area contributed by atoms with Gasteiger partial charge in [-0.2, -0.15) is 0 Å². The van der Waals surface area contributed by atoms with Gasteiger partial charge >= 0.3 is 0 Å². The van der Waals surface area contributed by atoms with Gasteiger partial charge in [0, 0.05) is 29.8 Å². The van der Waals surface area contributed by atoms with Crippen LogP contribution in [0, 0.1) is 23.0 Å². The summed E-state index contributed by atoms with van der Waals surface area (Å²) in [5.41, 5.74) is 6.53. The molecular formula is C14H22ClN3O3. The van der Waals surface area contributed by atoms with Gasteiger partial charge in [0.25, 0.3) is 11.6 Å². The van der Waals surface area contributed by atoms with Crippen LogP contribution in [0.1, 0.15) is 36.2 Å². The zero-order valence-electron chi connectivity index (χ0n) is 12.5. The Balaban J connectivity index is 0.00000400. The fourth-order valence-electron chi connectivity index (χ4n) is 2.05. The number of rotatable bonds is 6. The minimum absolute atomic E-state index is 0. The highest BCUT2D eigenvalue weighted by Crippen LogP contribution is 2.18. The van der Waals surface area contributed by atoms with Crippen LogP contribution in [0.5, 0.6) is 0 Å². The number of carbonyl (C=O) groups excluding carboxylic acids is 1. The van der Waals surface area contributed by atoms with E-state index in [0.717, 1.165) is 6.42 Å². The van der Waals surface area contributed by atoms with E-state index in [0.29, 0.717) is 23.6 Å². The number of nitrogens with zero attached hydrogens (tertiary/aromatic N) is 1. The van der Waals surface area contributed by atoms with Gasteiger partial charge in [-0.1, -0.05) is 13.8 Å². The molecule has 1 aromatic carbocycles. The maximum absolute atomic E-state index is 12.1. The molecule has 1 unspecified atom stereocenters. The number of amides is 1. The lowest BCUT2D eigenvalue weighted by Gasteiger charge is -2.18. The maximum Gasteiger partial charge on any atom is 0.272 e. The van der Waals surface area contributed by atoms with Crippen molar-refractivity contribution in [1.82, 2.24) is 5.32 Å². The summed E-state index contributed by atoms with van der Waals surface area (Å²) in [6.45, 7) is 6.11. The van der Waals surface area contributed by atoms with Gasteiger partial charge in [-0.3, -0.25) is 14.9 Å². The van der Waals surface area contributed by atoms with Crippen LogP contribution in [0.15, 0.2) is 18.2 Å². The Morgan fingerprint density at radius 2 is 2.05 bits per heavy atom. The zero-order chi connectivity index (χ0) is 15.3. The quantitative estimate of drug-likeness (QED) is 0.622. The number of hydrogen-bond acceptors (Lipinski definition) is 4. The number of nitro groups is 1. The lowest BCUT2D eigenvalue weighted by molar-refractivity contribution is -0.385. The van der Waals surface area contributed by atoms with E-state index in [4.69, 9.17) is 5.73 Å². The second-order valence-corrected chi connectivity index (χ2v) is 5.29. The van der Waals surface area contributed by atoms with E-state index in [1.165, 1.54) is 18.2 Å². The third kappa shape index (κ3) is 5.69. The first kappa shape index (κ1) is 19.3. The summed E-state index contributed by atoms with van der Waals surface area (Å²) >= 11 is 0. The third-order valence-corrected chi connectivity index (χ3v) is 3.03. The largest absolute Gasteiger partial charge is 0.348 e. The van der Waals surface area contributed by atoms with Crippen LogP contribution in [0.4, 0.5) is 5.69 Å². The van der Waals surface area contributed by atoms with Crippen molar-refractivity contribution >= 4 is 24.0 Å². The summed E-state index contributed by atoms with van der Waals surface area (Å²) < 4.78 is 0. The van der Waals surface area contributed by atoms with Gasteiger partial charge in [-0.25, -0.2) is 0 Å². The molecule has 0 saturated carbocycles. The molecule has 21 heavy (non-hydrogen) atoms. The molecule has 3 N–H and O–H groups in total. The van der Waals surface area contributed by atoms with E-state index in [-0.39, 0.29) is 30.0 Å². The van der Waals surface area contributed by atoms with E-state index in [9.17, 15) is 14.9 Å². The molecule has 0 radical (unpaired) electrons. The average molecular weight is 316 g/mol. The lowest BCUT2D eigenvalue weighted by Crippen LogP contribution is -2.41. The molecule has 0 aliphatic carbocycles. The fourth-order valence-corrected chi connectivity index (χ4v) is 2.05. The van der Waals surface area contributed by atoms with Gasteiger partial charge in [-0.15, -0.1) is 12.4 Å². The van der Waals surface area contributed by atoms with E-state index in [2.05, 4.69) is 19.2 Å². The van der Waals surface area contributed by atoms with Crippen molar-refractivity contribution in [3.8, 4) is 0 Å². The van der Waals surface area contributed by atoms with E-state index in [1.54, 1.807) is 6.92 Å². The first-order valence-electron chi connectivity index (χ1n) is 6.61. The summed E-state index contributed by atoms with van der Waals surface area (Å²) in [5.74, 6) is 0.182. The first-order valence-corrected chi connectivity index (χ1v) is 6.61. The number of carbonyl (C=O) groups is 1. The summed E-state index contributed by atoms with van der Waals surface area (Å²) in [7, 11) is 0. The number of nitrogens with one attached hydrogen (secondary N) is 1. The molecule has 0 bridgehead atoms. The van der Waals surface area contributed by atoms with Crippen LogP contribution in [0.2, 0.25) is 0 Å². The third-order valence-electron chi connectivity index (χ3n) is 3.03. The SMILES string of the molecule is Cc1cc(C(=O)NC(CN)CC(C)C)ccc1[N+](=O)[O-].Cl. The van der Waals surface area contributed by atoms with Crippen molar-refractivity contribution in [2.24, 2.45) is 11.7 Å². The highest BCUT2D eigenvalue weighted by Gasteiger charge is 2.16. The Hall–Kier alpha value is -1.66. The predicted octanol–water partition coefficient (Wildman–Crippen LogP) is 2.43. The number of nitro benzene ring substituents is 1. The molecule has 1 rings (SSSR count). The fraction of sp³-hybridized carbons (Fsp3) is 0.500. The minimum Gasteiger partial charge on any atom is -0.348 e. The Morgan fingerprint density at radius 3 is 2.48 bits per heavy atom. The Labute approximate surface area is 130 Å². The van der Waals surface area contributed by atoms with Gasteiger partial charge in [0.05, 0.1) is 4.92 Å². The van der Waals surface area contributed by atoms with E-state index in [1.807, 2.05) is 0 Å². The van der Waals surface area contributed by atoms with Gasteiger partial charge in [0.15, 0.2) is 0 Å². The van der Waals surface area contributed by atoms with Crippen LogP contribution >= 0.6 is 12.4 Å². The number of hydrogen-bond donors (Lipinski definition) is 2. The van der Waals surface area contributed by atoms with Crippen LogP contribution < -0.4 is 11.1 Å². The second-order valence-electron chi connectivity index (χ2n) is 5.29. The number of benzene rings is 1. The highest BCUT2D eigenvalue weighted by atomic mass is 35.5. The van der Waals surface area contributed by atoms with Crippen molar-refractivity contribution in [3.05, 3.63) is 39.4 Å². The number of halogens is 1. The Bertz CT molecular complexity index is 506. The second kappa shape index (κ2) is 8.59. The van der Waals surface area contributed by atoms with Gasteiger partial charge in [0.1, 0.15) is 0 Å². The minimum atomic E-state index is -0.460. The van der Waals surface area contributed by atoms with Crippen molar-refractivity contribution in [3.63, 3.8) is 0 Å². The van der Waals surface area contributed by atoms with Crippen molar-refractivity contribution in [2.45, 2.75) is 33.2 Å². The Morgan fingerprint density at radius 1 is 1.43 bits per heavy atom. The standard InChI is InChI=1S/C14H21N3O3.ClH/c1-9(2)6-12(8-15)16-14(18)11-4-5-13(17(19)20)10(3)7-11;/h4-5,7,9,12H,6,8,15H2,1-3H3,(H,16,18);1H. The van der Waals surface area contributed by atoms with Gasteiger partial charge < -0.3 is 11.1 Å². The van der Waals surface area contributed by atoms with Crippen LogP contribution in [0.25, 0.3) is 0 Å². The monoisotopic (exact) mass is 315 g/mol. The summed E-state index contributed by atoms with van der Waals surface area (Å²) in [6, 6.07) is 4.25. The molecule has 0 heterocycles. The van der Waals surface area contributed by atoms with Crippen LogP contribution in [-0.4, -0.2) is 23.4 Å². The van der Waals surface area contributed by atoms with Crippen molar-refractivity contribution in [2.75, 3.05) is 6.54 Å². The summed E-state index contributed by atoms with van der Waals surface area (Å²) in [6.07, 6.45) is 0.800. The van der Waals surface area contributed by atoms with Crippen molar-refractivity contribution < 1.29 is 9.72 Å². The van der Waals surface area contributed by atoms with Crippen LogP contribution in [-0.2, 0) is 0 Å². The molecule has 0 spiro atoms. The molecular weight excluding hydrogens is 294 g/mol. The molecule has 0 aromatic heterocycles. The molecule has 0 saturated heterocycles.